The molecule has 0 aromatic carbocycles. The van der Waals surface area contributed by atoms with Gasteiger partial charge in [-0.05, 0) is 31.5 Å². The second-order valence-corrected chi connectivity index (χ2v) is 3.19. The molecule has 5 nitrogen and oxygen atoms in total. The molecule has 15 heavy (non-hydrogen) atoms. The van der Waals surface area contributed by atoms with Crippen LogP contribution in [0.2, 0.25) is 0 Å². The predicted octanol–water partition coefficient (Wildman–Crippen LogP) is 0.133. The molecule has 1 heterocycles. The van der Waals surface area contributed by atoms with Crippen molar-refractivity contribution in [2.75, 3.05) is 18.8 Å². The van der Waals surface area contributed by atoms with Crippen LogP contribution in [0.15, 0.2) is 18.3 Å². The Bertz CT molecular complexity index is 327. The summed E-state index contributed by atoms with van der Waals surface area (Å²) in [5, 5.41) is 2.74. The van der Waals surface area contributed by atoms with Crippen molar-refractivity contribution in [2.24, 2.45) is 5.73 Å². The molecule has 5 N–H and O–H groups in total. The van der Waals surface area contributed by atoms with Crippen LogP contribution >= 0.6 is 0 Å². The number of aromatic nitrogens is 1. The highest BCUT2D eigenvalue weighted by molar-refractivity contribution is 5.96. The van der Waals surface area contributed by atoms with E-state index in [2.05, 4.69) is 10.3 Å². The largest absolute Gasteiger partial charge is 0.397 e. The summed E-state index contributed by atoms with van der Waals surface area (Å²) in [5.41, 5.74) is 11.6. The van der Waals surface area contributed by atoms with Crippen LogP contribution < -0.4 is 16.8 Å². The normalized spacial score (nSPS) is 9.93. The highest BCUT2D eigenvalue weighted by atomic mass is 16.1. The Kier molecular flexibility index (Phi) is 4.56. The van der Waals surface area contributed by atoms with Gasteiger partial charge in [-0.25, -0.2) is 4.98 Å². The average Bonchev–Trinajstić information content (AvgIpc) is 2.25. The Morgan fingerprint density at radius 2 is 2.27 bits per heavy atom. The van der Waals surface area contributed by atoms with E-state index in [1.165, 1.54) is 0 Å². The number of nitrogens with one attached hydrogen (secondary N) is 1. The summed E-state index contributed by atoms with van der Waals surface area (Å²) in [4.78, 5) is 15.5. The molecule has 0 bridgehead atoms. The summed E-state index contributed by atoms with van der Waals surface area (Å²) in [6, 6.07) is 3.35. The maximum atomic E-state index is 11.5. The van der Waals surface area contributed by atoms with E-state index in [4.69, 9.17) is 11.5 Å². The number of rotatable bonds is 5. The van der Waals surface area contributed by atoms with E-state index in [0.29, 0.717) is 18.8 Å². The first-order valence-corrected chi connectivity index (χ1v) is 4.94. The first-order valence-electron chi connectivity index (χ1n) is 4.94. The van der Waals surface area contributed by atoms with E-state index in [1.54, 1.807) is 18.3 Å². The van der Waals surface area contributed by atoms with Gasteiger partial charge in [0.25, 0.3) is 5.91 Å². The molecule has 0 saturated heterocycles. The van der Waals surface area contributed by atoms with Crippen LogP contribution in [0.5, 0.6) is 0 Å². The van der Waals surface area contributed by atoms with E-state index in [0.717, 1.165) is 12.8 Å². The number of nitrogens with two attached hydrogens (primary N) is 2. The van der Waals surface area contributed by atoms with Crippen molar-refractivity contribution in [3.05, 3.63) is 24.0 Å². The highest BCUT2D eigenvalue weighted by Gasteiger charge is 2.08. The Morgan fingerprint density at radius 3 is 2.93 bits per heavy atom. The van der Waals surface area contributed by atoms with E-state index in [9.17, 15) is 4.79 Å². The summed E-state index contributed by atoms with van der Waals surface area (Å²) < 4.78 is 0. The van der Waals surface area contributed by atoms with Crippen LogP contribution in [0.4, 0.5) is 5.69 Å². The number of nitrogen functional groups attached to an aromatic ring is 1. The number of hydrogen-bond acceptors (Lipinski definition) is 4. The molecule has 0 saturated carbocycles. The summed E-state index contributed by atoms with van der Waals surface area (Å²) in [6.07, 6.45) is 3.32. The molecule has 0 aliphatic carbocycles. The topological polar surface area (TPSA) is 94.0 Å². The number of anilines is 1. The van der Waals surface area contributed by atoms with Crippen molar-refractivity contribution in [1.82, 2.24) is 10.3 Å². The molecule has 0 aliphatic heterocycles. The van der Waals surface area contributed by atoms with Gasteiger partial charge in [0, 0.05) is 12.7 Å². The molecule has 0 fully saturated rings. The number of carbonyl (C=O) groups excluding carboxylic acids is 1. The van der Waals surface area contributed by atoms with Gasteiger partial charge in [-0.2, -0.15) is 0 Å². The summed E-state index contributed by atoms with van der Waals surface area (Å²) in [5.74, 6) is -0.231. The molecule has 1 rings (SSSR count). The summed E-state index contributed by atoms with van der Waals surface area (Å²) >= 11 is 0. The first-order chi connectivity index (χ1) is 7.25. The fraction of sp³-hybridized carbons (Fsp3) is 0.400. The van der Waals surface area contributed by atoms with Crippen LogP contribution in [0.3, 0.4) is 0 Å². The van der Waals surface area contributed by atoms with Gasteiger partial charge < -0.3 is 16.8 Å². The van der Waals surface area contributed by atoms with E-state index < -0.39 is 0 Å². The lowest BCUT2D eigenvalue weighted by Gasteiger charge is -2.05. The van der Waals surface area contributed by atoms with Gasteiger partial charge in [0.05, 0.1) is 5.69 Å². The zero-order chi connectivity index (χ0) is 11.1. The molecule has 0 radical (unpaired) electrons. The Labute approximate surface area is 88.9 Å². The minimum absolute atomic E-state index is 0.231. The number of pyridine rings is 1. The van der Waals surface area contributed by atoms with Crippen LogP contribution in [0, 0.1) is 0 Å². The molecule has 1 amide bonds. The zero-order valence-corrected chi connectivity index (χ0v) is 8.57. The monoisotopic (exact) mass is 208 g/mol. The van der Waals surface area contributed by atoms with Crippen molar-refractivity contribution in [3.63, 3.8) is 0 Å². The number of nitrogens with zero attached hydrogens (tertiary/aromatic N) is 1. The maximum absolute atomic E-state index is 11.5. The van der Waals surface area contributed by atoms with Crippen LogP contribution in [-0.2, 0) is 0 Å². The third kappa shape index (κ3) is 3.55. The maximum Gasteiger partial charge on any atom is 0.272 e. The van der Waals surface area contributed by atoms with Crippen LogP contribution in [-0.4, -0.2) is 24.0 Å². The van der Waals surface area contributed by atoms with Gasteiger partial charge in [-0.1, -0.05) is 0 Å². The molecular formula is C10H16N4O. The lowest BCUT2D eigenvalue weighted by Crippen LogP contribution is -2.26. The van der Waals surface area contributed by atoms with Crippen molar-refractivity contribution in [3.8, 4) is 0 Å². The quantitative estimate of drug-likeness (QED) is 0.599. The fourth-order valence-electron chi connectivity index (χ4n) is 1.16. The van der Waals surface area contributed by atoms with Gasteiger partial charge in [0.15, 0.2) is 5.69 Å². The smallest absolute Gasteiger partial charge is 0.272 e. The van der Waals surface area contributed by atoms with Gasteiger partial charge >= 0.3 is 0 Å². The van der Waals surface area contributed by atoms with Crippen molar-refractivity contribution in [1.29, 1.82) is 0 Å². The third-order valence-corrected chi connectivity index (χ3v) is 1.97. The van der Waals surface area contributed by atoms with Crippen molar-refractivity contribution in [2.45, 2.75) is 12.8 Å². The van der Waals surface area contributed by atoms with Gasteiger partial charge in [-0.3, -0.25) is 4.79 Å². The lowest BCUT2D eigenvalue weighted by molar-refractivity contribution is 0.0949. The molecule has 82 valence electrons. The number of amides is 1. The number of hydrogen-bond donors (Lipinski definition) is 3. The average molecular weight is 208 g/mol. The Morgan fingerprint density at radius 1 is 1.47 bits per heavy atom. The second-order valence-electron chi connectivity index (χ2n) is 3.19. The van der Waals surface area contributed by atoms with Gasteiger partial charge in [0.2, 0.25) is 0 Å². The molecule has 0 spiro atoms. The van der Waals surface area contributed by atoms with Gasteiger partial charge in [-0.15, -0.1) is 0 Å². The minimum atomic E-state index is -0.231. The highest BCUT2D eigenvalue weighted by Crippen LogP contribution is 2.05. The first kappa shape index (κ1) is 11.5. The van der Waals surface area contributed by atoms with Crippen molar-refractivity contribution >= 4 is 11.6 Å². The van der Waals surface area contributed by atoms with E-state index in [-0.39, 0.29) is 11.6 Å². The summed E-state index contributed by atoms with van der Waals surface area (Å²) in [6.45, 7) is 1.24. The molecule has 0 unspecified atom stereocenters. The third-order valence-electron chi connectivity index (χ3n) is 1.97. The standard InChI is InChI=1S/C10H16N4O/c11-5-1-2-6-14-10(15)9-8(12)4-3-7-13-9/h3-4,7H,1-2,5-6,11-12H2,(H,14,15). The molecule has 5 heteroatoms. The SMILES string of the molecule is NCCCCNC(=O)c1ncccc1N. The Hall–Kier alpha value is -1.62. The molecule has 0 atom stereocenters. The molecular weight excluding hydrogens is 192 g/mol. The van der Waals surface area contributed by atoms with Gasteiger partial charge in [0.1, 0.15) is 0 Å². The van der Waals surface area contributed by atoms with E-state index >= 15 is 0 Å². The predicted molar refractivity (Wildman–Crippen MR) is 59.3 cm³/mol. The fourth-order valence-corrected chi connectivity index (χ4v) is 1.16. The Balaban J connectivity index is 2.44. The molecule has 0 aliphatic rings. The number of unbranched alkanes of at least 4 members (excludes halogenated alkanes) is 1. The second kappa shape index (κ2) is 5.98. The van der Waals surface area contributed by atoms with Crippen LogP contribution in [0.25, 0.3) is 0 Å². The summed E-state index contributed by atoms with van der Waals surface area (Å²) in [7, 11) is 0. The minimum Gasteiger partial charge on any atom is -0.397 e. The van der Waals surface area contributed by atoms with E-state index in [1.807, 2.05) is 0 Å². The number of carbonyl (C=O) groups is 1. The zero-order valence-electron chi connectivity index (χ0n) is 8.57. The van der Waals surface area contributed by atoms with Crippen molar-refractivity contribution < 1.29 is 4.79 Å². The van der Waals surface area contributed by atoms with Crippen LogP contribution in [0.1, 0.15) is 23.3 Å². The molecule has 1 aromatic heterocycles. The lowest BCUT2D eigenvalue weighted by atomic mass is 10.2. The molecule has 1 aromatic rings.